The Bertz CT molecular complexity index is 935. The lowest BCUT2D eigenvalue weighted by Crippen LogP contribution is -2.55. The lowest BCUT2D eigenvalue weighted by atomic mass is 9.68. The van der Waals surface area contributed by atoms with Gasteiger partial charge >= 0.3 is 6.03 Å². The Kier molecular flexibility index (Phi) is 5.63. The largest absolute Gasteiger partial charge is 0.381 e. The number of ether oxygens (including phenoxy) is 1. The van der Waals surface area contributed by atoms with Crippen LogP contribution < -0.4 is 10.2 Å². The molecular formula is C25H33N5O2. The van der Waals surface area contributed by atoms with E-state index in [1.54, 1.807) is 17.3 Å². The van der Waals surface area contributed by atoms with E-state index in [-0.39, 0.29) is 17.1 Å². The monoisotopic (exact) mass is 435 g/mol. The number of nitrogens with one attached hydrogen (secondary N) is 1. The van der Waals surface area contributed by atoms with E-state index in [4.69, 9.17) is 4.74 Å². The minimum atomic E-state index is -0.197. The predicted octanol–water partition coefficient (Wildman–Crippen LogP) is 3.49. The second-order valence-electron chi connectivity index (χ2n) is 9.79. The molecule has 1 spiro atoms. The quantitative estimate of drug-likeness (QED) is 0.779. The first kappa shape index (κ1) is 21.3. The number of nitrogens with zero attached hydrogens (tertiary/aromatic N) is 4. The molecule has 1 aromatic heterocycles. The highest BCUT2D eigenvalue weighted by molar-refractivity contribution is 5.95. The summed E-state index contributed by atoms with van der Waals surface area (Å²) in [5.74, 6) is 1.31. The maximum atomic E-state index is 12.9. The van der Waals surface area contributed by atoms with E-state index in [0.29, 0.717) is 18.3 Å². The van der Waals surface area contributed by atoms with Gasteiger partial charge in [-0.1, -0.05) is 30.3 Å². The van der Waals surface area contributed by atoms with Gasteiger partial charge in [0.1, 0.15) is 5.82 Å². The molecule has 170 valence electrons. The van der Waals surface area contributed by atoms with Crippen molar-refractivity contribution in [1.29, 1.82) is 0 Å². The number of benzene rings is 1. The van der Waals surface area contributed by atoms with Crippen LogP contribution in [0.25, 0.3) is 0 Å². The molecule has 7 nitrogen and oxygen atoms in total. The zero-order chi connectivity index (χ0) is 22.2. The van der Waals surface area contributed by atoms with Crippen LogP contribution >= 0.6 is 0 Å². The van der Waals surface area contributed by atoms with Crippen LogP contribution in [0.1, 0.15) is 43.5 Å². The first-order valence-corrected chi connectivity index (χ1v) is 11.7. The highest BCUT2D eigenvalue weighted by atomic mass is 16.5. The van der Waals surface area contributed by atoms with Gasteiger partial charge in [-0.2, -0.15) is 0 Å². The van der Waals surface area contributed by atoms with E-state index in [1.807, 2.05) is 6.92 Å². The van der Waals surface area contributed by atoms with Gasteiger partial charge in [-0.3, -0.25) is 9.80 Å². The maximum absolute atomic E-state index is 12.9. The smallest absolute Gasteiger partial charge is 0.322 e. The summed E-state index contributed by atoms with van der Waals surface area (Å²) in [6.07, 6.45) is 8.55. The Hall–Kier alpha value is -2.51. The summed E-state index contributed by atoms with van der Waals surface area (Å²) >= 11 is 0. The topological polar surface area (TPSA) is 70.6 Å². The summed E-state index contributed by atoms with van der Waals surface area (Å²) < 4.78 is 5.64. The van der Waals surface area contributed by atoms with E-state index in [9.17, 15) is 4.79 Å². The van der Waals surface area contributed by atoms with Crippen molar-refractivity contribution in [2.24, 2.45) is 5.92 Å². The van der Waals surface area contributed by atoms with Crippen molar-refractivity contribution < 1.29 is 9.53 Å². The molecule has 1 aromatic carbocycles. The normalized spacial score (nSPS) is 30.3. The summed E-state index contributed by atoms with van der Waals surface area (Å²) in [6, 6.07) is 10.9. The SMILES string of the molecule is Cc1ncc(N2CC3(CCC(c4ccccc4)(N(C)CC4CCOC4)CC3)NC2=O)cn1. The van der Waals surface area contributed by atoms with Gasteiger partial charge in [-0.05, 0) is 57.6 Å². The van der Waals surface area contributed by atoms with Gasteiger partial charge in [0.05, 0.1) is 36.8 Å². The lowest BCUT2D eigenvalue weighted by molar-refractivity contribution is 0.0323. The van der Waals surface area contributed by atoms with Crippen molar-refractivity contribution in [3.8, 4) is 0 Å². The molecule has 0 bridgehead atoms. The van der Waals surface area contributed by atoms with Crippen molar-refractivity contribution in [3.63, 3.8) is 0 Å². The molecule has 3 aliphatic rings. The van der Waals surface area contributed by atoms with Crippen LogP contribution in [0.2, 0.25) is 0 Å². The number of aryl methyl sites for hydroxylation is 1. The molecule has 3 fully saturated rings. The molecule has 1 N–H and O–H groups in total. The van der Waals surface area contributed by atoms with Crippen LogP contribution in [0.4, 0.5) is 10.5 Å². The van der Waals surface area contributed by atoms with Gasteiger partial charge in [-0.25, -0.2) is 14.8 Å². The van der Waals surface area contributed by atoms with E-state index in [0.717, 1.165) is 57.6 Å². The number of aromatic nitrogens is 2. The Labute approximate surface area is 190 Å². The summed E-state index contributed by atoms with van der Waals surface area (Å²) in [6.45, 7) is 5.31. The fourth-order valence-electron chi connectivity index (χ4n) is 5.80. The van der Waals surface area contributed by atoms with E-state index < -0.39 is 0 Å². The van der Waals surface area contributed by atoms with Crippen LogP contribution in [-0.4, -0.2) is 59.8 Å². The first-order valence-electron chi connectivity index (χ1n) is 11.7. The molecule has 0 radical (unpaired) electrons. The molecule has 1 saturated carbocycles. The second-order valence-corrected chi connectivity index (χ2v) is 9.79. The van der Waals surface area contributed by atoms with Crippen LogP contribution in [0.15, 0.2) is 42.7 Å². The summed E-state index contributed by atoms with van der Waals surface area (Å²) in [5.41, 5.74) is 1.94. The average molecular weight is 436 g/mol. The van der Waals surface area contributed by atoms with Crippen LogP contribution in [0.3, 0.4) is 0 Å². The third kappa shape index (κ3) is 3.88. The number of hydrogen-bond donors (Lipinski definition) is 1. The third-order valence-corrected chi connectivity index (χ3v) is 7.79. The maximum Gasteiger partial charge on any atom is 0.322 e. The molecule has 5 rings (SSSR count). The van der Waals surface area contributed by atoms with Crippen molar-refractivity contribution in [1.82, 2.24) is 20.2 Å². The zero-order valence-corrected chi connectivity index (χ0v) is 19.1. The Morgan fingerprint density at radius 1 is 1.16 bits per heavy atom. The minimum Gasteiger partial charge on any atom is -0.381 e. The summed E-state index contributed by atoms with van der Waals surface area (Å²) in [4.78, 5) is 25.8. The Morgan fingerprint density at radius 2 is 1.88 bits per heavy atom. The fourth-order valence-corrected chi connectivity index (χ4v) is 5.80. The number of hydrogen-bond acceptors (Lipinski definition) is 5. The van der Waals surface area contributed by atoms with E-state index >= 15 is 0 Å². The standard InChI is InChI=1S/C25H33N5O2/c1-19-26-14-22(15-27-19)30-18-24(28-23(30)31)9-11-25(12-10-24,21-6-4-3-5-7-21)29(2)16-20-8-13-32-17-20/h3-7,14-15,20H,8-13,16-18H2,1-2H3,(H,28,31). The number of anilines is 1. The molecule has 1 atom stereocenters. The van der Waals surface area contributed by atoms with Gasteiger partial charge in [0.15, 0.2) is 0 Å². The number of carbonyl (C=O) groups excluding carboxylic acids is 1. The number of urea groups is 1. The van der Waals surface area contributed by atoms with Crippen molar-refractivity contribution in [2.75, 3.05) is 38.3 Å². The van der Waals surface area contributed by atoms with Gasteiger partial charge in [0.25, 0.3) is 0 Å². The summed E-state index contributed by atoms with van der Waals surface area (Å²) in [5, 5.41) is 3.33. The van der Waals surface area contributed by atoms with Gasteiger partial charge in [0.2, 0.25) is 0 Å². The third-order valence-electron chi connectivity index (χ3n) is 7.79. The highest BCUT2D eigenvalue weighted by Crippen LogP contribution is 2.47. The lowest BCUT2D eigenvalue weighted by Gasteiger charge is -2.50. The van der Waals surface area contributed by atoms with Crippen molar-refractivity contribution >= 4 is 11.7 Å². The fraction of sp³-hybridized carbons (Fsp3) is 0.560. The van der Waals surface area contributed by atoms with Crippen molar-refractivity contribution in [3.05, 3.63) is 54.1 Å². The zero-order valence-electron chi connectivity index (χ0n) is 19.1. The molecule has 2 aliphatic heterocycles. The number of amides is 2. The molecule has 3 heterocycles. The average Bonchev–Trinajstić information content (AvgIpc) is 3.43. The molecule has 2 saturated heterocycles. The van der Waals surface area contributed by atoms with Crippen molar-refractivity contribution in [2.45, 2.75) is 50.1 Å². The van der Waals surface area contributed by atoms with E-state index in [1.165, 1.54) is 5.56 Å². The highest BCUT2D eigenvalue weighted by Gasteiger charge is 2.51. The molecule has 1 aliphatic carbocycles. The van der Waals surface area contributed by atoms with E-state index in [2.05, 4.69) is 57.6 Å². The van der Waals surface area contributed by atoms with Crippen LogP contribution in [-0.2, 0) is 10.3 Å². The molecule has 2 amide bonds. The molecular weight excluding hydrogens is 402 g/mol. The molecule has 32 heavy (non-hydrogen) atoms. The molecule has 2 aromatic rings. The van der Waals surface area contributed by atoms with Gasteiger partial charge in [-0.15, -0.1) is 0 Å². The molecule has 7 heteroatoms. The van der Waals surface area contributed by atoms with Crippen LogP contribution in [0.5, 0.6) is 0 Å². The van der Waals surface area contributed by atoms with Crippen LogP contribution in [0, 0.1) is 12.8 Å². The van der Waals surface area contributed by atoms with Gasteiger partial charge < -0.3 is 10.1 Å². The Balaban J connectivity index is 1.35. The molecule has 1 unspecified atom stereocenters. The Morgan fingerprint density at radius 3 is 2.53 bits per heavy atom. The number of rotatable bonds is 5. The number of carbonyl (C=O) groups is 1. The van der Waals surface area contributed by atoms with Gasteiger partial charge in [0, 0.05) is 18.7 Å². The first-order chi connectivity index (χ1) is 15.5. The predicted molar refractivity (Wildman–Crippen MR) is 124 cm³/mol. The second kappa shape index (κ2) is 8.45. The minimum absolute atomic E-state index is 0.0137. The summed E-state index contributed by atoms with van der Waals surface area (Å²) in [7, 11) is 2.27.